The van der Waals surface area contributed by atoms with Crippen LogP contribution in [0.3, 0.4) is 0 Å². The molecule has 0 saturated carbocycles. The van der Waals surface area contributed by atoms with E-state index in [-0.39, 0.29) is 23.1 Å². The van der Waals surface area contributed by atoms with Gasteiger partial charge in [0.05, 0.1) is 24.8 Å². The van der Waals surface area contributed by atoms with Crippen molar-refractivity contribution < 1.29 is 27.5 Å². The first-order valence-electron chi connectivity index (χ1n) is 13.7. The topological polar surface area (TPSA) is 105 Å². The Morgan fingerprint density at radius 1 is 0.905 bits per heavy atom. The molecule has 0 bridgehead atoms. The lowest BCUT2D eigenvalue weighted by molar-refractivity contribution is -0.139. The van der Waals surface area contributed by atoms with Crippen molar-refractivity contribution in [2.24, 2.45) is 0 Å². The summed E-state index contributed by atoms with van der Waals surface area (Å²) in [6.07, 6.45) is 0.493. The summed E-state index contributed by atoms with van der Waals surface area (Å²) in [5.74, 6) is -0.216. The van der Waals surface area contributed by atoms with Crippen molar-refractivity contribution in [2.75, 3.05) is 31.6 Å². The molecule has 3 aromatic carbocycles. The van der Waals surface area contributed by atoms with E-state index in [0.29, 0.717) is 17.9 Å². The van der Waals surface area contributed by atoms with Crippen molar-refractivity contribution in [1.82, 2.24) is 10.2 Å². The first-order chi connectivity index (χ1) is 19.8. The predicted octanol–water partition coefficient (Wildman–Crippen LogP) is 4.58. The molecule has 0 heterocycles. The van der Waals surface area contributed by atoms with Crippen molar-refractivity contribution in [2.45, 2.75) is 57.5 Å². The number of aryl methyl sites for hydroxylation is 1. The summed E-state index contributed by atoms with van der Waals surface area (Å²) in [4.78, 5) is 28.6. The molecule has 0 aromatic heterocycles. The molecule has 9 nitrogen and oxygen atoms in total. The molecule has 0 aliphatic carbocycles. The monoisotopic (exact) mass is 595 g/mol. The molecule has 2 amide bonds. The Balaban J connectivity index is 2.03. The van der Waals surface area contributed by atoms with Crippen LogP contribution in [-0.2, 0) is 26.0 Å². The number of sulfonamides is 1. The van der Waals surface area contributed by atoms with Crippen molar-refractivity contribution in [3.63, 3.8) is 0 Å². The van der Waals surface area contributed by atoms with Crippen LogP contribution in [-0.4, -0.2) is 64.0 Å². The highest BCUT2D eigenvalue weighted by Crippen LogP contribution is 2.32. The van der Waals surface area contributed by atoms with Gasteiger partial charge in [-0.1, -0.05) is 48.0 Å². The third-order valence-corrected chi connectivity index (χ3v) is 8.46. The Morgan fingerprint density at radius 2 is 1.52 bits per heavy atom. The number of amides is 2. The lowest BCUT2D eigenvalue weighted by Gasteiger charge is -2.33. The summed E-state index contributed by atoms with van der Waals surface area (Å²) in [6.45, 7) is 8.85. The van der Waals surface area contributed by atoms with Crippen LogP contribution in [0.2, 0.25) is 0 Å². The largest absolute Gasteiger partial charge is 0.493 e. The minimum Gasteiger partial charge on any atom is -0.493 e. The van der Waals surface area contributed by atoms with Crippen LogP contribution in [0.4, 0.5) is 5.69 Å². The van der Waals surface area contributed by atoms with E-state index in [2.05, 4.69) is 5.32 Å². The molecule has 1 atom stereocenters. The first kappa shape index (κ1) is 32.5. The van der Waals surface area contributed by atoms with Crippen LogP contribution in [0, 0.1) is 6.92 Å². The molecule has 0 aliphatic heterocycles. The van der Waals surface area contributed by atoms with Crippen LogP contribution in [0.1, 0.15) is 38.8 Å². The lowest BCUT2D eigenvalue weighted by Crippen LogP contribution is -2.55. The summed E-state index contributed by atoms with van der Waals surface area (Å²) in [5.41, 5.74) is 1.74. The summed E-state index contributed by atoms with van der Waals surface area (Å²) in [5, 5.41) is 2.93. The molecule has 0 spiro atoms. The molecule has 0 unspecified atom stereocenters. The van der Waals surface area contributed by atoms with Gasteiger partial charge >= 0.3 is 0 Å². The third kappa shape index (κ3) is 8.25. The second-order valence-corrected chi connectivity index (χ2v) is 13.0. The number of methoxy groups -OCH3 is 2. The van der Waals surface area contributed by atoms with Gasteiger partial charge in [0.2, 0.25) is 11.8 Å². The molecule has 10 heteroatoms. The number of carbonyl (C=O) groups is 2. The molecule has 0 fully saturated rings. The van der Waals surface area contributed by atoms with Crippen LogP contribution in [0.25, 0.3) is 0 Å². The SMILES string of the molecule is COc1ccc(S(=O)(=O)N(CC(=O)N(CCc2ccccc2)[C@@H](C)C(=O)NC(C)(C)C)c2ccc(C)cc2)cc1OC. The van der Waals surface area contributed by atoms with Gasteiger partial charge in [-0.2, -0.15) is 0 Å². The van der Waals surface area contributed by atoms with Gasteiger partial charge in [-0.05, 0) is 70.9 Å². The van der Waals surface area contributed by atoms with Crippen molar-refractivity contribution in [1.29, 1.82) is 0 Å². The second kappa shape index (κ2) is 13.7. The maximum absolute atomic E-state index is 14.1. The van der Waals surface area contributed by atoms with Gasteiger partial charge in [-0.15, -0.1) is 0 Å². The number of hydrogen-bond donors (Lipinski definition) is 1. The molecule has 3 rings (SSSR count). The zero-order valence-corrected chi connectivity index (χ0v) is 26.2. The smallest absolute Gasteiger partial charge is 0.264 e. The molecule has 1 N–H and O–H groups in total. The van der Waals surface area contributed by atoms with Crippen LogP contribution < -0.4 is 19.1 Å². The van der Waals surface area contributed by atoms with E-state index in [4.69, 9.17) is 9.47 Å². The number of benzene rings is 3. The van der Waals surface area contributed by atoms with E-state index in [1.807, 2.05) is 58.0 Å². The number of anilines is 1. The normalized spacial score (nSPS) is 12.3. The molecule has 0 aliphatic rings. The van der Waals surface area contributed by atoms with E-state index in [9.17, 15) is 18.0 Å². The van der Waals surface area contributed by atoms with Gasteiger partial charge < -0.3 is 19.7 Å². The Morgan fingerprint density at radius 3 is 2.10 bits per heavy atom. The molecule has 3 aromatic rings. The molecule has 0 radical (unpaired) electrons. The van der Waals surface area contributed by atoms with E-state index in [1.165, 1.54) is 37.3 Å². The van der Waals surface area contributed by atoms with Crippen LogP contribution >= 0.6 is 0 Å². The summed E-state index contributed by atoms with van der Waals surface area (Å²) >= 11 is 0. The fourth-order valence-electron chi connectivity index (χ4n) is 4.39. The van der Waals surface area contributed by atoms with Crippen LogP contribution in [0.15, 0.2) is 77.7 Å². The highest BCUT2D eigenvalue weighted by Gasteiger charge is 2.33. The average molecular weight is 596 g/mol. The molecule has 226 valence electrons. The zero-order chi connectivity index (χ0) is 31.1. The lowest BCUT2D eigenvalue weighted by atomic mass is 10.1. The van der Waals surface area contributed by atoms with E-state index in [0.717, 1.165) is 15.4 Å². The highest BCUT2D eigenvalue weighted by atomic mass is 32.2. The first-order valence-corrected chi connectivity index (χ1v) is 15.2. The Bertz CT molecular complexity index is 1470. The number of nitrogens with one attached hydrogen (secondary N) is 1. The van der Waals surface area contributed by atoms with Gasteiger partial charge in [0.1, 0.15) is 12.6 Å². The van der Waals surface area contributed by atoms with Crippen molar-refractivity contribution in [3.8, 4) is 11.5 Å². The van der Waals surface area contributed by atoms with Crippen LogP contribution in [0.5, 0.6) is 11.5 Å². The zero-order valence-electron chi connectivity index (χ0n) is 25.4. The van der Waals surface area contributed by atoms with Crippen molar-refractivity contribution in [3.05, 3.63) is 83.9 Å². The maximum atomic E-state index is 14.1. The average Bonchev–Trinajstić information content (AvgIpc) is 2.95. The third-order valence-electron chi connectivity index (χ3n) is 6.69. The highest BCUT2D eigenvalue weighted by molar-refractivity contribution is 7.92. The van der Waals surface area contributed by atoms with E-state index in [1.54, 1.807) is 31.2 Å². The van der Waals surface area contributed by atoms with E-state index >= 15 is 0 Å². The van der Waals surface area contributed by atoms with Gasteiger partial charge in [0.25, 0.3) is 10.0 Å². The Hall–Kier alpha value is -4.05. The Labute approximate surface area is 249 Å². The number of nitrogens with zero attached hydrogens (tertiary/aromatic N) is 2. The standard InChI is InChI=1S/C32H41N3O6S/c1-23-13-15-26(16-14-23)35(42(38,39)27-17-18-28(40-6)29(21-27)41-7)22-30(36)34(20-19-25-11-9-8-10-12-25)24(2)31(37)33-32(3,4)5/h8-18,21,24H,19-20,22H2,1-7H3,(H,33,37)/t24-/m0/s1. The molecular weight excluding hydrogens is 554 g/mol. The number of rotatable bonds is 12. The Kier molecular flexibility index (Phi) is 10.6. The number of hydrogen-bond acceptors (Lipinski definition) is 6. The van der Waals surface area contributed by atoms with E-state index < -0.39 is 34.1 Å². The van der Waals surface area contributed by atoms with Gasteiger partial charge in [0, 0.05) is 18.2 Å². The fraction of sp³-hybridized carbons (Fsp3) is 0.375. The summed E-state index contributed by atoms with van der Waals surface area (Å²) < 4.78 is 39.9. The van der Waals surface area contributed by atoms with Gasteiger partial charge in [-0.3, -0.25) is 13.9 Å². The quantitative estimate of drug-likeness (QED) is 0.329. The summed E-state index contributed by atoms with van der Waals surface area (Å²) in [6, 6.07) is 19.9. The van der Waals surface area contributed by atoms with Crippen molar-refractivity contribution >= 4 is 27.5 Å². The predicted molar refractivity (Wildman–Crippen MR) is 164 cm³/mol. The molecular formula is C32H41N3O6S. The second-order valence-electron chi connectivity index (χ2n) is 11.1. The number of ether oxygens (including phenoxy) is 2. The number of carbonyl (C=O) groups excluding carboxylic acids is 2. The summed E-state index contributed by atoms with van der Waals surface area (Å²) in [7, 11) is -1.36. The van der Waals surface area contributed by atoms with Gasteiger partial charge in [-0.25, -0.2) is 8.42 Å². The minimum atomic E-state index is -4.25. The van der Waals surface area contributed by atoms with Gasteiger partial charge in [0.15, 0.2) is 11.5 Å². The molecule has 42 heavy (non-hydrogen) atoms. The maximum Gasteiger partial charge on any atom is 0.264 e. The minimum absolute atomic E-state index is 0.0668. The fourth-order valence-corrected chi connectivity index (χ4v) is 5.82. The molecule has 0 saturated heterocycles.